The van der Waals surface area contributed by atoms with Crippen LogP contribution in [0.3, 0.4) is 0 Å². The average Bonchev–Trinajstić information content (AvgIpc) is 2.41. The summed E-state index contributed by atoms with van der Waals surface area (Å²) in [6, 6.07) is 0. The molecule has 2 aliphatic carbocycles. The second kappa shape index (κ2) is 3.68. The molecule has 4 nitrogen and oxygen atoms in total. The molecule has 0 aromatic rings. The van der Waals surface area contributed by atoms with E-state index in [-0.39, 0.29) is 35.8 Å². The number of Topliss-reactive ketones (excluding diaryl/α,β-unsaturated/α-hetero) is 2. The summed E-state index contributed by atoms with van der Waals surface area (Å²) in [4.78, 5) is 35.0. The van der Waals surface area contributed by atoms with Crippen molar-refractivity contribution in [1.29, 1.82) is 0 Å². The summed E-state index contributed by atoms with van der Waals surface area (Å²) >= 11 is 0. The van der Waals surface area contributed by atoms with Crippen molar-refractivity contribution in [3.63, 3.8) is 0 Å². The monoisotopic (exact) mass is 224 g/mol. The van der Waals surface area contributed by atoms with Crippen LogP contribution < -0.4 is 0 Å². The zero-order chi connectivity index (χ0) is 11.9. The predicted molar refractivity (Wildman–Crippen MR) is 55.6 cm³/mol. The van der Waals surface area contributed by atoms with Crippen LogP contribution in [0.4, 0.5) is 0 Å². The molecule has 16 heavy (non-hydrogen) atoms. The van der Waals surface area contributed by atoms with E-state index in [0.717, 1.165) is 6.42 Å². The lowest BCUT2D eigenvalue weighted by atomic mass is 9.70. The number of esters is 1. The molecule has 0 N–H and O–H groups in total. The largest absolute Gasteiger partial charge is 0.469 e. The minimum Gasteiger partial charge on any atom is -0.469 e. The van der Waals surface area contributed by atoms with Gasteiger partial charge in [0, 0.05) is 18.8 Å². The number of hydrogen-bond acceptors (Lipinski definition) is 4. The van der Waals surface area contributed by atoms with Gasteiger partial charge in [0.25, 0.3) is 0 Å². The van der Waals surface area contributed by atoms with E-state index in [9.17, 15) is 14.4 Å². The lowest BCUT2D eigenvalue weighted by molar-refractivity contribution is -0.144. The normalized spacial score (nSPS) is 37.6. The molecule has 0 radical (unpaired) electrons. The zero-order valence-corrected chi connectivity index (χ0v) is 9.62. The summed E-state index contributed by atoms with van der Waals surface area (Å²) in [5, 5.41) is 0. The number of hydrogen-bond donors (Lipinski definition) is 0. The highest BCUT2D eigenvalue weighted by Gasteiger charge is 2.56. The van der Waals surface area contributed by atoms with E-state index >= 15 is 0 Å². The zero-order valence-electron chi connectivity index (χ0n) is 9.62. The first-order valence-corrected chi connectivity index (χ1v) is 5.63. The number of ether oxygens (including phenoxy) is 1. The van der Waals surface area contributed by atoms with Gasteiger partial charge in [-0.15, -0.1) is 0 Å². The van der Waals surface area contributed by atoms with Crippen LogP contribution in [0, 0.1) is 17.3 Å². The molecule has 2 aliphatic rings. The first-order chi connectivity index (χ1) is 7.49. The van der Waals surface area contributed by atoms with Crippen LogP contribution in [0.25, 0.3) is 0 Å². The third-order valence-electron chi connectivity index (χ3n) is 4.14. The fraction of sp³-hybridized carbons (Fsp3) is 0.750. The van der Waals surface area contributed by atoms with E-state index in [1.807, 2.05) is 0 Å². The highest BCUT2D eigenvalue weighted by molar-refractivity contribution is 6.14. The van der Waals surface area contributed by atoms with Crippen molar-refractivity contribution < 1.29 is 19.1 Å². The van der Waals surface area contributed by atoms with Gasteiger partial charge in [0.1, 0.15) is 11.6 Å². The lowest BCUT2D eigenvalue weighted by Crippen LogP contribution is -2.38. The number of fused-ring (bicyclic) bond motifs is 2. The first kappa shape index (κ1) is 11.3. The van der Waals surface area contributed by atoms with Gasteiger partial charge in [-0.25, -0.2) is 0 Å². The van der Waals surface area contributed by atoms with Crippen LogP contribution in [-0.4, -0.2) is 24.6 Å². The molecule has 0 aromatic heterocycles. The highest BCUT2D eigenvalue weighted by Crippen LogP contribution is 2.49. The second-order valence-electron chi connectivity index (χ2n) is 5.01. The maximum absolute atomic E-state index is 12.0. The molecule has 0 amide bonds. The van der Waals surface area contributed by atoms with Gasteiger partial charge in [0.15, 0.2) is 0 Å². The Morgan fingerprint density at radius 3 is 2.81 bits per heavy atom. The van der Waals surface area contributed by atoms with Gasteiger partial charge in [-0.2, -0.15) is 0 Å². The van der Waals surface area contributed by atoms with Crippen molar-refractivity contribution in [2.75, 3.05) is 7.11 Å². The third-order valence-corrected chi connectivity index (χ3v) is 4.14. The Hall–Kier alpha value is -1.19. The number of carbonyl (C=O) groups excluding carboxylic acids is 3. The van der Waals surface area contributed by atoms with E-state index in [1.165, 1.54) is 7.11 Å². The van der Waals surface area contributed by atoms with Crippen LogP contribution in [0.15, 0.2) is 0 Å². The molecular weight excluding hydrogens is 208 g/mol. The smallest absolute Gasteiger partial charge is 0.305 e. The molecule has 0 aliphatic heterocycles. The minimum absolute atomic E-state index is 0.000486. The SMILES string of the molecule is COC(=O)C[C@@H]1CC[C@]2(C)C(=O)C[C@H]1C2=O. The van der Waals surface area contributed by atoms with E-state index in [4.69, 9.17) is 0 Å². The third kappa shape index (κ3) is 1.47. The maximum atomic E-state index is 12.0. The molecule has 0 unspecified atom stereocenters. The molecule has 3 atom stereocenters. The molecule has 0 spiro atoms. The van der Waals surface area contributed by atoms with Crippen LogP contribution in [0.2, 0.25) is 0 Å². The summed E-state index contributed by atoms with van der Waals surface area (Å²) in [6.07, 6.45) is 1.93. The average molecular weight is 224 g/mol. The number of methoxy groups -OCH3 is 1. The lowest BCUT2D eigenvalue weighted by Gasteiger charge is -2.31. The number of rotatable bonds is 2. The van der Waals surface area contributed by atoms with Crippen molar-refractivity contribution in [2.24, 2.45) is 17.3 Å². The first-order valence-electron chi connectivity index (χ1n) is 5.63. The molecule has 88 valence electrons. The summed E-state index contributed by atoms with van der Waals surface area (Å²) in [7, 11) is 1.34. The van der Waals surface area contributed by atoms with Gasteiger partial charge < -0.3 is 4.74 Å². The molecule has 0 aromatic carbocycles. The number of carbonyl (C=O) groups is 3. The minimum atomic E-state index is -0.753. The molecule has 4 heteroatoms. The van der Waals surface area contributed by atoms with Gasteiger partial charge in [-0.3, -0.25) is 14.4 Å². The Morgan fingerprint density at radius 2 is 2.19 bits per heavy atom. The molecule has 0 saturated heterocycles. The van der Waals surface area contributed by atoms with Crippen molar-refractivity contribution in [2.45, 2.75) is 32.6 Å². The quantitative estimate of drug-likeness (QED) is 0.521. The summed E-state index contributed by atoms with van der Waals surface area (Å²) < 4.78 is 4.61. The van der Waals surface area contributed by atoms with Crippen LogP contribution in [-0.2, 0) is 19.1 Å². The Balaban J connectivity index is 2.15. The van der Waals surface area contributed by atoms with E-state index < -0.39 is 5.41 Å². The molecule has 2 rings (SSSR count). The Labute approximate surface area is 94.3 Å². The molecule has 2 saturated carbocycles. The van der Waals surface area contributed by atoms with E-state index in [2.05, 4.69) is 4.74 Å². The molecule has 2 fully saturated rings. The molecular formula is C12H16O4. The Bertz CT molecular complexity index is 360. The molecule has 0 heterocycles. The fourth-order valence-corrected chi connectivity index (χ4v) is 2.92. The Kier molecular flexibility index (Phi) is 2.60. The van der Waals surface area contributed by atoms with Crippen molar-refractivity contribution in [3.05, 3.63) is 0 Å². The van der Waals surface area contributed by atoms with Gasteiger partial charge >= 0.3 is 5.97 Å². The predicted octanol–water partition coefficient (Wildman–Crippen LogP) is 1.12. The Morgan fingerprint density at radius 1 is 1.50 bits per heavy atom. The van der Waals surface area contributed by atoms with Gasteiger partial charge in [0.2, 0.25) is 0 Å². The second-order valence-corrected chi connectivity index (χ2v) is 5.01. The highest BCUT2D eigenvalue weighted by atomic mass is 16.5. The van der Waals surface area contributed by atoms with Crippen LogP contribution in [0.5, 0.6) is 0 Å². The summed E-state index contributed by atoms with van der Waals surface area (Å²) in [5.41, 5.74) is -0.753. The summed E-state index contributed by atoms with van der Waals surface area (Å²) in [5.74, 6) is -0.446. The van der Waals surface area contributed by atoms with Gasteiger partial charge in [-0.1, -0.05) is 0 Å². The van der Waals surface area contributed by atoms with Gasteiger partial charge in [0.05, 0.1) is 12.5 Å². The molecule has 2 bridgehead atoms. The standard InChI is InChI=1S/C12H16O4/c1-12-4-3-7(5-10(14)16-2)8(11(12)15)6-9(12)13/h7-8H,3-6H2,1-2H3/t7-,8+,12+/m0/s1. The van der Waals surface area contributed by atoms with Crippen molar-refractivity contribution in [1.82, 2.24) is 0 Å². The van der Waals surface area contributed by atoms with Crippen molar-refractivity contribution in [3.8, 4) is 0 Å². The van der Waals surface area contributed by atoms with E-state index in [1.54, 1.807) is 6.92 Å². The fourth-order valence-electron chi connectivity index (χ4n) is 2.92. The van der Waals surface area contributed by atoms with Crippen LogP contribution in [0.1, 0.15) is 32.6 Å². The maximum Gasteiger partial charge on any atom is 0.305 e. The van der Waals surface area contributed by atoms with E-state index in [0.29, 0.717) is 12.8 Å². The topological polar surface area (TPSA) is 60.4 Å². The van der Waals surface area contributed by atoms with Crippen molar-refractivity contribution >= 4 is 17.5 Å². The summed E-state index contributed by atoms with van der Waals surface area (Å²) in [6.45, 7) is 1.74. The van der Waals surface area contributed by atoms with Gasteiger partial charge in [-0.05, 0) is 25.7 Å². The van der Waals surface area contributed by atoms with Crippen LogP contribution >= 0.6 is 0 Å². The number of ketones is 2.